The van der Waals surface area contributed by atoms with Gasteiger partial charge in [-0.2, -0.15) is 0 Å². The van der Waals surface area contributed by atoms with Crippen LogP contribution >= 0.6 is 0 Å². The summed E-state index contributed by atoms with van der Waals surface area (Å²) >= 11 is 0. The minimum Gasteiger partial charge on any atom is -0.302 e. The Morgan fingerprint density at radius 2 is 1.30 bits per heavy atom. The Balaban J connectivity index is 2.27. The first-order valence-electron chi connectivity index (χ1n) is 9.62. The molecule has 0 fully saturated rings. The van der Waals surface area contributed by atoms with Gasteiger partial charge in [-0.15, -0.1) is 0 Å². The Kier molecular flexibility index (Phi) is 6.20. The molecule has 27 heavy (non-hydrogen) atoms. The van der Waals surface area contributed by atoms with Crippen LogP contribution in [0.1, 0.15) is 42.0 Å². The van der Waals surface area contributed by atoms with E-state index in [4.69, 9.17) is 0 Å². The molecule has 0 aliphatic heterocycles. The van der Waals surface area contributed by atoms with Crippen molar-refractivity contribution >= 4 is 6.29 Å². The van der Waals surface area contributed by atoms with Gasteiger partial charge in [0.2, 0.25) is 0 Å². The first-order valence-corrected chi connectivity index (χ1v) is 9.62. The standard InChI is InChI=1S/C25H27NO/c1-3-10-24(19-27)26-25(21-11-6-4-7-12-21,22-13-8-5-9-14-22)23-17-15-20(2)16-18-23/h4-9,11-19,24,26H,3,10H2,1-2H3/t24-/m0/s1. The van der Waals surface area contributed by atoms with Crippen LogP contribution in [0.3, 0.4) is 0 Å². The molecular formula is C25H27NO. The summed E-state index contributed by atoms with van der Waals surface area (Å²) in [6, 6.07) is 29.2. The summed E-state index contributed by atoms with van der Waals surface area (Å²) in [4.78, 5) is 11.9. The largest absolute Gasteiger partial charge is 0.302 e. The van der Waals surface area contributed by atoms with Gasteiger partial charge in [0, 0.05) is 0 Å². The summed E-state index contributed by atoms with van der Waals surface area (Å²) in [7, 11) is 0. The fourth-order valence-electron chi connectivity index (χ4n) is 3.69. The molecule has 138 valence electrons. The molecule has 3 aromatic carbocycles. The lowest BCUT2D eigenvalue weighted by Crippen LogP contribution is -2.50. The van der Waals surface area contributed by atoms with Crippen LogP contribution < -0.4 is 5.32 Å². The van der Waals surface area contributed by atoms with Gasteiger partial charge in [0.25, 0.3) is 0 Å². The number of carbonyl (C=O) groups excluding carboxylic acids is 1. The van der Waals surface area contributed by atoms with Gasteiger partial charge in [0.15, 0.2) is 0 Å². The van der Waals surface area contributed by atoms with Crippen molar-refractivity contribution < 1.29 is 4.79 Å². The van der Waals surface area contributed by atoms with Gasteiger partial charge in [-0.05, 0) is 30.0 Å². The highest BCUT2D eigenvalue weighted by Crippen LogP contribution is 2.37. The number of hydrogen-bond acceptors (Lipinski definition) is 2. The first kappa shape index (κ1) is 19.1. The zero-order valence-corrected chi connectivity index (χ0v) is 16.1. The summed E-state index contributed by atoms with van der Waals surface area (Å²) in [5.74, 6) is 0. The van der Waals surface area contributed by atoms with Gasteiger partial charge in [-0.3, -0.25) is 5.32 Å². The number of carbonyl (C=O) groups is 1. The molecule has 0 saturated heterocycles. The average molecular weight is 357 g/mol. The predicted molar refractivity (Wildman–Crippen MR) is 112 cm³/mol. The summed E-state index contributed by atoms with van der Waals surface area (Å²) in [5.41, 5.74) is 4.02. The molecule has 0 amide bonds. The summed E-state index contributed by atoms with van der Waals surface area (Å²) in [6.07, 6.45) is 2.79. The van der Waals surface area contributed by atoms with Crippen LogP contribution in [0.2, 0.25) is 0 Å². The smallest absolute Gasteiger partial charge is 0.136 e. The molecule has 0 bridgehead atoms. The highest BCUT2D eigenvalue weighted by atomic mass is 16.1. The number of hydrogen-bond donors (Lipinski definition) is 1. The second-order valence-corrected chi connectivity index (χ2v) is 7.02. The Bertz CT molecular complexity index is 801. The molecule has 3 aromatic rings. The molecule has 0 aliphatic rings. The molecule has 0 saturated carbocycles. The molecule has 0 aliphatic carbocycles. The Morgan fingerprint density at radius 1 is 0.815 bits per heavy atom. The lowest BCUT2D eigenvalue weighted by Gasteiger charge is -2.39. The molecular weight excluding hydrogens is 330 g/mol. The second kappa shape index (κ2) is 8.79. The Hall–Kier alpha value is -2.71. The van der Waals surface area contributed by atoms with Crippen molar-refractivity contribution in [2.75, 3.05) is 0 Å². The van der Waals surface area contributed by atoms with Gasteiger partial charge in [-0.1, -0.05) is 104 Å². The molecule has 3 rings (SSSR count). The molecule has 2 heteroatoms. The lowest BCUT2D eigenvalue weighted by atomic mass is 9.76. The van der Waals surface area contributed by atoms with Crippen molar-refractivity contribution in [1.82, 2.24) is 5.32 Å². The zero-order chi connectivity index (χ0) is 19.1. The maximum absolute atomic E-state index is 11.9. The van der Waals surface area contributed by atoms with E-state index in [1.807, 2.05) is 12.1 Å². The van der Waals surface area contributed by atoms with E-state index in [0.717, 1.165) is 35.8 Å². The number of rotatable bonds is 8. The topological polar surface area (TPSA) is 29.1 Å². The van der Waals surface area contributed by atoms with E-state index in [0.29, 0.717) is 0 Å². The summed E-state index contributed by atoms with van der Waals surface area (Å²) < 4.78 is 0. The third-order valence-corrected chi connectivity index (χ3v) is 5.06. The van der Waals surface area contributed by atoms with Gasteiger partial charge in [0.05, 0.1) is 11.6 Å². The molecule has 0 heterocycles. The van der Waals surface area contributed by atoms with Crippen molar-refractivity contribution in [3.8, 4) is 0 Å². The quantitative estimate of drug-likeness (QED) is 0.441. The van der Waals surface area contributed by atoms with Crippen molar-refractivity contribution in [3.63, 3.8) is 0 Å². The summed E-state index contributed by atoms with van der Waals surface area (Å²) in [6.45, 7) is 4.20. The third-order valence-electron chi connectivity index (χ3n) is 5.06. The van der Waals surface area contributed by atoms with E-state index in [-0.39, 0.29) is 6.04 Å². The van der Waals surface area contributed by atoms with Crippen LogP contribution in [0, 0.1) is 6.92 Å². The third kappa shape index (κ3) is 4.01. The van der Waals surface area contributed by atoms with Crippen molar-refractivity contribution in [3.05, 3.63) is 107 Å². The van der Waals surface area contributed by atoms with Crippen molar-refractivity contribution in [1.29, 1.82) is 0 Å². The van der Waals surface area contributed by atoms with Crippen molar-refractivity contribution in [2.24, 2.45) is 0 Å². The van der Waals surface area contributed by atoms with E-state index >= 15 is 0 Å². The second-order valence-electron chi connectivity index (χ2n) is 7.02. The van der Waals surface area contributed by atoms with Gasteiger partial charge in [-0.25, -0.2) is 0 Å². The fraction of sp³-hybridized carbons (Fsp3) is 0.240. The predicted octanol–water partition coefficient (Wildman–Crippen LogP) is 5.24. The highest BCUT2D eigenvalue weighted by Gasteiger charge is 2.37. The van der Waals surface area contributed by atoms with Crippen LogP contribution in [0.5, 0.6) is 0 Å². The molecule has 0 aromatic heterocycles. The first-order chi connectivity index (χ1) is 13.2. The Morgan fingerprint density at radius 3 is 1.74 bits per heavy atom. The maximum Gasteiger partial charge on any atom is 0.136 e. The van der Waals surface area contributed by atoms with Crippen LogP contribution in [0.4, 0.5) is 0 Å². The normalized spacial score (nSPS) is 12.5. The highest BCUT2D eigenvalue weighted by molar-refractivity contribution is 5.60. The Labute approximate surface area is 162 Å². The molecule has 2 nitrogen and oxygen atoms in total. The van der Waals surface area contributed by atoms with Crippen molar-refractivity contribution in [2.45, 2.75) is 38.3 Å². The SMILES string of the molecule is CCC[C@@H](C=O)NC(c1ccccc1)(c1ccccc1)c1ccc(C)cc1. The number of aryl methyl sites for hydroxylation is 1. The average Bonchev–Trinajstić information content (AvgIpc) is 2.73. The number of aldehydes is 1. The van der Waals surface area contributed by atoms with E-state index in [2.05, 4.69) is 92.0 Å². The number of benzene rings is 3. The molecule has 1 N–H and O–H groups in total. The fourth-order valence-corrected chi connectivity index (χ4v) is 3.69. The summed E-state index contributed by atoms with van der Waals surface area (Å²) in [5, 5.41) is 3.72. The van der Waals surface area contributed by atoms with Crippen LogP contribution in [-0.2, 0) is 10.3 Å². The monoisotopic (exact) mass is 357 g/mol. The number of nitrogens with one attached hydrogen (secondary N) is 1. The lowest BCUT2D eigenvalue weighted by molar-refractivity contribution is -0.110. The van der Waals surface area contributed by atoms with E-state index < -0.39 is 5.54 Å². The van der Waals surface area contributed by atoms with Gasteiger partial charge >= 0.3 is 0 Å². The van der Waals surface area contributed by atoms with Crippen LogP contribution in [0.25, 0.3) is 0 Å². The van der Waals surface area contributed by atoms with E-state index in [1.54, 1.807) is 0 Å². The molecule has 1 atom stereocenters. The van der Waals surface area contributed by atoms with Gasteiger partial charge < -0.3 is 4.79 Å². The minimum absolute atomic E-state index is 0.225. The zero-order valence-electron chi connectivity index (χ0n) is 16.1. The van der Waals surface area contributed by atoms with Crippen LogP contribution in [0.15, 0.2) is 84.9 Å². The maximum atomic E-state index is 11.9. The molecule has 0 unspecified atom stereocenters. The van der Waals surface area contributed by atoms with Gasteiger partial charge in [0.1, 0.15) is 6.29 Å². The molecule has 0 spiro atoms. The van der Waals surface area contributed by atoms with Crippen LogP contribution in [-0.4, -0.2) is 12.3 Å². The molecule has 0 radical (unpaired) electrons. The minimum atomic E-state index is -0.586. The van der Waals surface area contributed by atoms with E-state index in [9.17, 15) is 4.79 Å². The van der Waals surface area contributed by atoms with E-state index in [1.165, 1.54) is 5.56 Å².